The molecular formula is C29H27Cl2FN4O2S. The third-order valence-corrected chi connectivity index (χ3v) is 9.98. The molecule has 1 saturated carbocycles. The minimum atomic E-state index is -0.432. The lowest BCUT2D eigenvalue weighted by molar-refractivity contribution is 0.101. The van der Waals surface area contributed by atoms with Gasteiger partial charge < -0.3 is 14.7 Å². The van der Waals surface area contributed by atoms with Gasteiger partial charge in [-0.15, -0.1) is 0 Å². The van der Waals surface area contributed by atoms with E-state index in [-0.39, 0.29) is 5.78 Å². The molecule has 6 nitrogen and oxygen atoms in total. The quantitative estimate of drug-likeness (QED) is 0.224. The molecule has 10 heteroatoms. The van der Waals surface area contributed by atoms with Crippen LogP contribution in [0.15, 0.2) is 34.9 Å². The van der Waals surface area contributed by atoms with Crippen molar-refractivity contribution in [2.45, 2.75) is 76.0 Å². The van der Waals surface area contributed by atoms with Crippen LogP contribution in [-0.2, 0) is 6.54 Å². The van der Waals surface area contributed by atoms with E-state index in [0.717, 1.165) is 70.9 Å². The van der Waals surface area contributed by atoms with E-state index < -0.39 is 5.82 Å². The largest absolute Gasteiger partial charge is 0.360 e. The highest BCUT2D eigenvalue weighted by molar-refractivity contribution is 7.22. The van der Waals surface area contributed by atoms with Crippen molar-refractivity contribution < 1.29 is 13.7 Å². The summed E-state index contributed by atoms with van der Waals surface area (Å²) < 4.78 is 21.3. The van der Waals surface area contributed by atoms with Gasteiger partial charge in [-0.05, 0) is 69.7 Å². The van der Waals surface area contributed by atoms with Gasteiger partial charge in [0.15, 0.2) is 16.7 Å². The fourth-order valence-corrected chi connectivity index (χ4v) is 8.01. The molecule has 1 N–H and O–H groups in total. The minimum absolute atomic E-state index is 0.143. The van der Waals surface area contributed by atoms with Crippen LogP contribution in [0.3, 0.4) is 0 Å². The molecule has 0 spiro atoms. The Morgan fingerprint density at radius 1 is 1.15 bits per heavy atom. The van der Waals surface area contributed by atoms with Crippen molar-refractivity contribution in [3.63, 3.8) is 0 Å². The Morgan fingerprint density at radius 2 is 1.87 bits per heavy atom. The third-order valence-electron chi connectivity index (χ3n) is 8.33. The van der Waals surface area contributed by atoms with Gasteiger partial charge >= 0.3 is 0 Å². The minimum Gasteiger partial charge on any atom is -0.360 e. The fourth-order valence-electron chi connectivity index (χ4n) is 6.27. The normalized spacial score (nSPS) is 22.7. The van der Waals surface area contributed by atoms with E-state index in [1.54, 1.807) is 6.07 Å². The van der Waals surface area contributed by atoms with E-state index in [2.05, 4.69) is 20.4 Å². The van der Waals surface area contributed by atoms with Gasteiger partial charge in [-0.1, -0.05) is 45.8 Å². The van der Waals surface area contributed by atoms with Crippen LogP contribution in [0.2, 0.25) is 10.0 Å². The molecule has 3 fully saturated rings. The molecule has 1 aliphatic carbocycles. The number of halogens is 3. The van der Waals surface area contributed by atoms with Gasteiger partial charge in [0.05, 0.1) is 14.7 Å². The van der Waals surface area contributed by atoms with E-state index in [1.807, 2.05) is 18.2 Å². The summed E-state index contributed by atoms with van der Waals surface area (Å²) in [6, 6.07) is 9.54. The zero-order chi connectivity index (χ0) is 26.8. The lowest BCUT2D eigenvalue weighted by Crippen LogP contribution is -2.49. The summed E-state index contributed by atoms with van der Waals surface area (Å²) in [4.78, 5) is 18.9. The number of aromatic nitrogens is 2. The van der Waals surface area contributed by atoms with E-state index in [1.165, 1.54) is 24.3 Å². The molecule has 2 aromatic heterocycles. The molecule has 4 aromatic rings. The van der Waals surface area contributed by atoms with E-state index in [9.17, 15) is 9.18 Å². The predicted molar refractivity (Wildman–Crippen MR) is 153 cm³/mol. The van der Waals surface area contributed by atoms with Gasteiger partial charge in [-0.3, -0.25) is 4.79 Å². The number of carbonyl (C=O) groups excluding carboxylic acids is 1. The topological polar surface area (TPSA) is 71.3 Å². The molecule has 2 bridgehead atoms. The SMILES string of the molecule is CC(=O)c1cc(F)c2nc(N3C4CCC3CC(NCc3c(-c5c(Cl)cccc5Cl)noc3C3CC3)C4)sc2c1. The highest BCUT2D eigenvalue weighted by Gasteiger charge is 2.42. The number of hydrogen-bond donors (Lipinski definition) is 1. The standard InChI is InChI=1S/C29H27Cl2FN4O2S/c1-14(37)16-9-23(32)27-24(10-16)39-29(34-27)36-18-7-8-19(36)12-17(11-18)33-13-20-26(35-38-28(20)15-5-6-15)25-21(30)3-2-4-22(25)31/h2-4,9-10,15,17-19,33H,5-8,11-13H2,1H3. The van der Waals surface area contributed by atoms with Crippen LogP contribution in [0.4, 0.5) is 9.52 Å². The average Bonchev–Trinajstić information content (AvgIpc) is 3.42. The molecular weight excluding hydrogens is 558 g/mol. The van der Waals surface area contributed by atoms with Gasteiger partial charge in [0.1, 0.15) is 17.0 Å². The fraction of sp³-hybridized carbons (Fsp3) is 0.414. The number of hydrogen-bond acceptors (Lipinski definition) is 7. The maximum absolute atomic E-state index is 14.7. The number of carbonyl (C=O) groups is 1. The molecule has 2 aromatic carbocycles. The second kappa shape index (κ2) is 9.84. The molecule has 3 aliphatic rings. The summed E-state index contributed by atoms with van der Waals surface area (Å²) in [5.41, 5.74) is 3.23. The van der Waals surface area contributed by atoms with E-state index >= 15 is 0 Å². The average molecular weight is 586 g/mol. The number of benzene rings is 2. The van der Waals surface area contributed by atoms with Crippen LogP contribution >= 0.6 is 34.5 Å². The molecule has 202 valence electrons. The first-order chi connectivity index (χ1) is 18.9. The van der Waals surface area contributed by atoms with E-state index in [4.69, 9.17) is 27.7 Å². The summed E-state index contributed by atoms with van der Waals surface area (Å²) in [5.74, 6) is 0.773. The summed E-state index contributed by atoms with van der Waals surface area (Å²) in [6.45, 7) is 2.09. The first-order valence-corrected chi connectivity index (χ1v) is 15.0. The van der Waals surface area contributed by atoms with Gasteiger partial charge in [-0.2, -0.15) is 0 Å². The molecule has 39 heavy (non-hydrogen) atoms. The highest BCUT2D eigenvalue weighted by Crippen LogP contribution is 2.47. The van der Waals surface area contributed by atoms with Crippen molar-refractivity contribution in [3.05, 3.63) is 63.1 Å². The molecule has 2 aliphatic heterocycles. The first kappa shape index (κ1) is 25.4. The number of ketones is 1. The Balaban J connectivity index is 1.11. The number of rotatable bonds is 7. The van der Waals surface area contributed by atoms with E-state index in [0.29, 0.717) is 51.7 Å². The van der Waals surface area contributed by atoms with Crippen molar-refractivity contribution in [2.75, 3.05) is 4.90 Å². The Labute approximate surface area is 239 Å². The third kappa shape index (κ3) is 4.55. The van der Waals surface area contributed by atoms with Gasteiger partial charge in [-0.25, -0.2) is 9.37 Å². The van der Waals surface area contributed by atoms with Crippen LogP contribution < -0.4 is 10.2 Å². The Morgan fingerprint density at radius 3 is 2.54 bits per heavy atom. The van der Waals surface area contributed by atoms with Crippen molar-refractivity contribution >= 4 is 55.7 Å². The maximum atomic E-state index is 14.7. The second-order valence-corrected chi connectivity index (χ2v) is 12.8. The van der Waals surface area contributed by atoms with Crippen molar-refractivity contribution in [1.82, 2.24) is 15.5 Å². The monoisotopic (exact) mass is 584 g/mol. The number of nitrogens with zero attached hydrogens (tertiary/aromatic N) is 3. The van der Waals surface area contributed by atoms with Gasteiger partial charge in [0, 0.05) is 47.3 Å². The molecule has 0 amide bonds. The van der Waals surface area contributed by atoms with Crippen LogP contribution in [-0.4, -0.2) is 34.0 Å². The van der Waals surface area contributed by atoms with Gasteiger partial charge in [0.25, 0.3) is 0 Å². The predicted octanol–water partition coefficient (Wildman–Crippen LogP) is 7.77. The Bertz CT molecular complexity index is 1570. The number of fused-ring (bicyclic) bond motifs is 3. The summed E-state index contributed by atoms with van der Waals surface area (Å²) in [5, 5.41) is 10.2. The summed E-state index contributed by atoms with van der Waals surface area (Å²) in [6.07, 6.45) is 6.33. The zero-order valence-corrected chi connectivity index (χ0v) is 23.7. The number of nitrogens with one attached hydrogen (secondary N) is 1. The molecule has 2 saturated heterocycles. The van der Waals surface area contributed by atoms with Crippen LogP contribution in [0.5, 0.6) is 0 Å². The Hall–Kier alpha value is -2.52. The number of anilines is 1. The van der Waals surface area contributed by atoms with Crippen LogP contribution in [0.1, 0.15) is 73.0 Å². The lowest BCUT2D eigenvalue weighted by Gasteiger charge is -2.39. The maximum Gasteiger partial charge on any atom is 0.187 e. The molecule has 2 unspecified atom stereocenters. The smallest absolute Gasteiger partial charge is 0.187 e. The van der Waals surface area contributed by atoms with Crippen LogP contribution in [0.25, 0.3) is 21.5 Å². The first-order valence-electron chi connectivity index (χ1n) is 13.4. The molecule has 0 radical (unpaired) electrons. The number of piperidine rings is 1. The molecule has 4 heterocycles. The molecule has 2 atom stereocenters. The van der Waals surface area contributed by atoms with Crippen molar-refractivity contribution in [1.29, 1.82) is 0 Å². The van der Waals surface area contributed by atoms with Crippen molar-refractivity contribution in [2.24, 2.45) is 0 Å². The second-order valence-electron chi connectivity index (χ2n) is 10.9. The zero-order valence-electron chi connectivity index (χ0n) is 21.3. The highest BCUT2D eigenvalue weighted by atomic mass is 35.5. The number of Topliss-reactive ketones (excluding diaryl/α,β-unsaturated/α-hetero) is 1. The van der Waals surface area contributed by atoms with Crippen LogP contribution in [0, 0.1) is 5.82 Å². The summed E-state index contributed by atoms with van der Waals surface area (Å²) >= 11 is 14.6. The number of thiazole rings is 1. The summed E-state index contributed by atoms with van der Waals surface area (Å²) in [7, 11) is 0. The molecule has 7 rings (SSSR count). The van der Waals surface area contributed by atoms with Crippen molar-refractivity contribution in [3.8, 4) is 11.3 Å². The Kier molecular flexibility index (Phi) is 6.42. The lowest BCUT2D eigenvalue weighted by atomic mass is 9.97. The van der Waals surface area contributed by atoms with Gasteiger partial charge in [0.2, 0.25) is 0 Å².